The van der Waals surface area contributed by atoms with Crippen molar-refractivity contribution in [3.63, 3.8) is 0 Å². The molecule has 0 bridgehead atoms. The van der Waals surface area contributed by atoms with E-state index in [1.807, 2.05) is 24.5 Å². The molecular weight excluding hydrogens is 260 g/mol. The first-order valence-electron chi connectivity index (χ1n) is 7.51. The summed E-state index contributed by atoms with van der Waals surface area (Å²) in [7, 11) is 1.72. The fraction of sp³-hybridized carbons (Fsp3) is 0.389. The molecular formula is C18H24N2O. The van der Waals surface area contributed by atoms with Crippen LogP contribution < -0.4 is 10.1 Å². The normalized spacial score (nSPS) is 12.1. The smallest absolute Gasteiger partial charge is 0.122 e. The van der Waals surface area contributed by atoms with Gasteiger partial charge < -0.3 is 10.1 Å². The van der Waals surface area contributed by atoms with Crippen LogP contribution >= 0.6 is 0 Å². The summed E-state index contributed by atoms with van der Waals surface area (Å²) in [5.41, 5.74) is 3.64. The van der Waals surface area contributed by atoms with E-state index in [1.165, 1.54) is 16.7 Å². The number of para-hydroxylation sites is 1. The zero-order valence-corrected chi connectivity index (χ0v) is 13.1. The lowest BCUT2D eigenvalue weighted by molar-refractivity contribution is 0.405. The van der Waals surface area contributed by atoms with Crippen LogP contribution in [0, 0.1) is 6.92 Å². The molecule has 1 aromatic carbocycles. The molecule has 0 amide bonds. The molecule has 0 aliphatic heterocycles. The third kappa shape index (κ3) is 4.30. The van der Waals surface area contributed by atoms with E-state index < -0.39 is 0 Å². The minimum atomic E-state index is 0.258. The van der Waals surface area contributed by atoms with E-state index in [9.17, 15) is 0 Å². The lowest BCUT2D eigenvalue weighted by Crippen LogP contribution is -2.24. The number of hydrogen-bond acceptors (Lipinski definition) is 3. The zero-order valence-electron chi connectivity index (χ0n) is 13.1. The molecule has 0 saturated heterocycles. The number of hydrogen-bond donors (Lipinski definition) is 1. The highest BCUT2D eigenvalue weighted by Gasteiger charge is 2.14. The number of nitrogens with one attached hydrogen (secondary N) is 1. The Morgan fingerprint density at radius 3 is 2.76 bits per heavy atom. The highest BCUT2D eigenvalue weighted by atomic mass is 16.5. The number of methoxy groups -OCH3 is 1. The third-order valence-electron chi connectivity index (χ3n) is 3.56. The van der Waals surface area contributed by atoms with Crippen molar-refractivity contribution in [2.75, 3.05) is 13.7 Å². The van der Waals surface area contributed by atoms with Crippen LogP contribution in [0.1, 0.15) is 36.1 Å². The second kappa shape index (κ2) is 7.79. The van der Waals surface area contributed by atoms with Crippen molar-refractivity contribution in [1.29, 1.82) is 0 Å². The molecule has 1 N–H and O–H groups in total. The Morgan fingerprint density at radius 1 is 1.24 bits per heavy atom. The fourth-order valence-corrected chi connectivity index (χ4v) is 2.49. The van der Waals surface area contributed by atoms with Gasteiger partial charge in [-0.15, -0.1) is 0 Å². The van der Waals surface area contributed by atoms with E-state index in [0.29, 0.717) is 0 Å². The maximum absolute atomic E-state index is 5.47. The van der Waals surface area contributed by atoms with Crippen molar-refractivity contribution in [3.05, 3.63) is 59.4 Å². The Kier molecular flexibility index (Phi) is 5.76. The topological polar surface area (TPSA) is 34.1 Å². The van der Waals surface area contributed by atoms with Crippen molar-refractivity contribution in [3.8, 4) is 5.75 Å². The Morgan fingerprint density at radius 2 is 2.05 bits per heavy atom. The van der Waals surface area contributed by atoms with Crippen molar-refractivity contribution >= 4 is 0 Å². The maximum Gasteiger partial charge on any atom is 0.122 e. The quantitative estimate of drug-likeness (QED) is 0.842. The molecule has 2 aromatic rings. The van der Waals surface area contributed by atoms with Crippen LogP contribution in [0.15, 0.2) is 42.7 Å². The number of pyridine rings is 1. The number of ether oxygens (including phenoxy) is 1. The first kappa shape index (κ1) is 15.5. The van der Waals surface area contributed by atoms with Crippen LogP contribution in [0.4, 0.5) is 0 Å². The van der Waals surface area contributed by atoms with Crippen LogP contribution in [-0.2, 0) is 6.42 Å². The van der Waals surface area contributed by atoms with Crippen molar-refractivity contribution in [2.24, 2.45) is 0 Å². The van der Waals surface area contributed by atoms with E-state index in [1.54, 1.807) is 7.11 Å². The lowest BCUT2D eigenvalue weighted by Gasteiger charge is -2.20. The summed E-state index contributed by atoms with van der Waals surface area (Å²) in [6.45, 7) is 5.26. The Hall–Kier alpha value is -1.87. The van der Waals surface area contributed by atoms with Gasteiger partial charge in [0.25, 0.3) is 0 Å². The fourth-order valence-electron chi connectivity index (χ4n) is 2.49. The molecule has 3 heteroatoms. The molecule has 1 unspecified atom stereocenters. The summed E-state index contributed by atoms with van der Waals surface area (Å²) in [6.07, 6.45) is 5.86. The summed E-state index contributed by atoms with van der Waals surface area (Å²) < 4.78 is 5.47. The average molecular weight is 284 g/mol. The Labute approximate surface area is 127 Å². The van der Waals surface area contributed by atoms with Gasteiger partial charge in [-0.25, -0.2) is 0 Å². The summed E-state index contributed by atoms with van der Waals surface area (Å²) in [5.74, 6) is 0.946. The van der Waals surface area contributed by atoms with Gasteiger partial charge in [0.15, 0.2) is 0 Å². The summed E-state index contributed by atoms with van der Waals surface area (Å²) >= 11 is 0. The maximum atomic E-state index is 5.47. The van der Waals surface area contributed by atoms with Crippen LogP contribution in [0.5, 0.6) is 5.75 Å². The van der Waals surface area contributed by atoms with Gasteiger partial charge in [-0.3, -0.25) is 4.98 Å². The number of benzene rings is 1. The number of aryl methyl sites for hydroxylation is 1. The number of aromatic nitrogens is 1. The zero-order chi connectivity index (χ0) is 15.1. The van der Waals surface area contributed by atoms with E-state index in [4.69, 9.17) is 4.74 Å². The molecule has 0 radical (unpaired) electrons. The van der Waals surface area contributed by atoms with Gasteiger partial charge in [-0.2, -0.15) is 0 Å². The predicted octanol–water partition coefficient (Wildman–Crippen LogP) is 3.68. The van der Waals surface area contributed by atoms with Gasteiger partial charge in [0.05, 0.1) is 7.11 Å². The van der Waals surface area contributed by atoms with E-state index >= 15 is 0 Å². The van der Waals surface area contributed by atoms with Gasteiger partial charge in [-0.05, 0) is 49.1 Å². The van der Waals surface area contributed by atoms with Crippen LogP contribution in [0.3, 0.4) is 0 Å². The summed E-state index contributed by atoms with van der Waals surface area (Å²) in [6, 6.07) is 10.7. The summed E-state index contributed by atoms with van der Waals surface area (Å²) in [4.78, 5) is 4.33. The molecule has 1 atom stereocenters. The molecule has 0 aliphatic carbocycles. The van der Waals surface area contributed by atoms with Crippen LogP contribution in [0.25, 0.3) is 0 Å². The van der Waals surface area contributed by atoms with Crippen LogP contribution in [-0.4, -0.2) is 18.6 Å². The molecule has 2 rings (SSSR count). The standard InChI is InChI=1S/C18H24N2O/c1-4-9-20-17(16-10-14(2)12-19-13-16)11-15-7-5-6-8-18(15)21-3/h5-8,10,12-13,17,20H,4,9,11H2,1-3H3. The highest BCUT2D eigenvalue weighted by Crippen LogP contribution is 2.25. The number of rotatable bonds is 7. The summed E-state index contributed by atoms with van der Waals surface area (Å²) in [5, 5.41) is 3.62. The molecule has 0 saturated carbocycles. The molecule has 1 aromatic heterocycles. The van der Waals surface area contributed by atoms with Crippen molar-refractivity contribution in [2.45, 2.75) is 32.7 Å². The molecule has 0 aliphatic rings. The van der Waals surface area contributed by atoms with Crippen molar-refractivity contribution in [1.82, 2.24) is 10.3 Å². The second-order valence-electron chi connectivity index (χ2n) is 5.32. The predicted molar refractivity (Wildman–Crippen MR) is 86.7 cm³/mol. The van der Waals surface area contributed by atoms with E-state index in [0.717, 1.165) is 25.1 Å². The van der Waals surface area contributed by atoms with Gasteiger partial charge in [0, 0.05) is 18.4 Å². The number of nitrogens with zero attached hydrogens (tertiary/aromatic N) is 1. The van der Waals surface area contributed by atoms with Gasteiger partial charge >= 0.3 is 0 Å². The van der Waals surface area contributed by atoms with E-state index in [2.05, 4.69) is 42.3 Å². The average Bonchev–Trinajstić information content (AvgIpc) is 2.51. The molecule has 3 nitrogen and oxygen atoms in total. The first-order valence-corrected chi connectivity index (χ1v) is 7.51. The third-order valence-corrected chi connectivity index (χ3v) is 3.56. The molecule has 0 spiro atoms. The Balaban J connectivity index is 2.24. The first-order chi connectivity index (χ1) is 10.2. The second-order valence-corrected chi connectivity index (χ2v) is 5.32. The van der Waals surface area contributed by atoms with Crippen molar-refractivity contribution < 1.29 is 4.74 Å². The lowest BCUT2D eigenvalue weighted by atomic mass is 9.98. The van der Waals surface area contributed by atoms with E-state index in [-0.39, 0.29) is 6.04 Å². The van der Waals surface area contributed by atoms with Gasteiger partial charge in [0.1, 0.15) is 5.75 Å². The highest BCUT2D eigenvalue weighted by molar-refractivity contribution is 5.35. The monoisotopic (exact) mass is 284 g/mol. The molecule has 112 valence electrons. The van der Waals surface area contributed by atoms with Crippen LogP contribution in [0.2, 0.25) is 0 Å². The molecule has 21 heavy (non-hydrogen) atoms. The minimum absolute atomic E-state index is 0.258. The largest absolute Gasteiger partial charge is 0.496 e. The SMILES string of the molecule is CCCNC(Cc1ccccc1OC)c1cncc(C)c1. The molecule has 0 fully saturated rings. The molecule has 1 heterocycles. The minimum Gasteiger partial charge on any atom is -0.496 e. The van der Waals surface area contributed by atoms with Gasteiger partial charge in [0.2, 0.25) is 0 Å². The Bertz CT molecular complexity index is 569. The van der Waals surface area contributed by atoms with Gasteiger partial charge in [-0.1, -0.05) is 31.2 Å².